The Hall–Kier alpha value is -0.900. The molecule has 3 atom stereocenters. The molecule has 3 unspecified atom stereocenters. The summed E-state index contributed by atoms with van der Waals surface area (Å²) in [6.07, 6.45) is 0.220. The zero-order valence-corrected chi connectivity index (χ0v) is 12.6. The molecule has 0 aliphatic carbocycles. The van der Waals surface area contributed by atoms with Crippen molar-refractivity contribution in [2.24, 2.45) is 0 Å². The fourth-order valence-electron chi connectivity index (χ4n) is 2.20. The van der Waals surface area contributed by atoms with Gasteiger partial charge < -0.3 is 14.8 Å². The van der Waals surface area contributed by atoms with E-state index in [1.54, 1.807) is 0 Å². The minimum Gasteiger partial charge on any atom is -0.379 e. The third-order valence-corrected chi connectivity index (χ3v) is 3.06. The standard InChI is InChI=1S/C16H27NO2/c1-5-17-16(15-10-8-7-9-11-15)14(4)19-13(3)12-18-6-2/h7-11,13-14,16-17H,5-6,12H2,1-4H3. The van der Waals surface area contributed by atoms with Crippen molar-refractivity contribution in [3.8, 4) is 0 Å². The van der Waals surface area contributed by atoms with Gasteiger partial charge in [0, 0.05) is 6.61 Å². The lowest BCUT2D eigenvalue weighted by atomic mass is 10.0. The van der Waals surface area contributed by atoms with Crippen LogP contribution in [0.15, 0.2) is 30.3 Å². The van der Waals surface area contributed by atoms with Crippen LogP contribution in [0, 0.1) is 0 Å². The van der Waals surface area contributed by atoms with Gasteiger partial charge >= 0.3 is 0 Å². The van der Waals surface area contributed by atoms with Crippen LogP contribution in [-0.2, 0) is 9.47 Å². The smallest absolute Gasteiger partial charge is 0.0785 e. The molecular weight excluding hydrogens is 238 g/mol. The fraction of sp³-hybridized carbons (Fsp3) is 0.625. The average molecular weight is 265 g/mol. The van der Waals surface area contributed by atoms with Crippen molar-refractivity contribution in [3.63, 3.8) is 0 Å². The molecule has 3 heteroatoms. The largest absolute Gasteiger partial charge is 0.379 e. The monoisotopic (exact) mass is 265 g/mol. The van der Waals surface area contributed by atoms with Crippen LogP contribution in [0.3, 0.4) is 0 Å². The molecule has 1 N–H and O–H groups in total. The maximum atomic E-state index is 6.03. The van der Waals surface area contributed by atoms with E-state index in [1.165, 1.54) is 5.56 Å². The molecule has 19 heavy (non-hydrogen) atoms. The van der Waals surface area contributed by atoms with Crippen LogP contribution in [-0.4, -0.2) is 32.0 Å². The number of rotatable bonds is 9. The lowest BCUT2D eigenvalue weighted by molar-refractivity contribution is -0.0525. The van der Waals surface area contributed by atoms with E-state index in [-0.39, 0.29) is 18.2 Å². The van der Waals surface area contributed by atoms with Gasteiger partial charge in [0.15, 0.2) is 0 Å². The van der Waals surface area contributed by atoms with Crippen molar-refractivity contribution >= 4 is 0 Å². The molecule has 0 aliphatic rings. The molecule has 1 aromatic carbocycles. The summed E-state index contributed by atoms with van der Waals surface area (Å²) in [4.78, 5) is 0. The highest BCUT2D eigenvalue weighted by Crippen LogP contribution is 2.20. The molecule has 108 valence electrons. The van der Waals surface area contributed by atoms with Crippen LogP contribution >= 0.6 is 0 Å². The van der Waals surface area contributed by atoms with Gasteiger partial charge in [0.05, 0.1) is 24.9 Å². The van der Waals surface area contributed by atoms with Gasteiger partial charge in [0.25, 0.3) is 0 Å². The van der Waals surface area contributed by atoms with E-state index in [0.29, 0.717) is 6.61 Å². The molecule has 0 radical (unpaired) electrons. The third-order valence-electron chi connectivity index (χ3n) is 3.06. The van der Waals surface area contributed by atoms with Crippen molar-refractivity contribution in [3.05, 3.63) is 35.9 Å². The Morgan fingerprint density at radius 1 is 1.11 bits per heavy atom. The first-order chi connectivity index (χ1) is 9.19. The molecule has 0 saturated heterocycles. The highest BCUT2D eigenvalue weighted by atomic mass is 16.5. The Kier molecular flexibility index (Phi) is 7.72. The van der Waals surface area contributed by atoms with Crippen LogP contribution in [0.1, 0.15) is 39.3 Å². The predicted molar refractivity (Wildman–Crippen MR) is 79.4 cm³/mol. The summed E-state index contributed by atoms with van der Waals surface area (Å²) in [5, 5.41) is 3.49. The summed E-state index contributed by atoms with van der Waals surface area (Å²) in [5.74, 6) is 0. The molecule has 1 aromatic rings. The van der Waals surface area contributed by atoms with Crippen LogP contribution in [0.4, 0.5) is 0 Å². The number of ether oxygens (including phenoxy) is 2. The van der Waals surface area contributed by atoms with E-state index < -0.39 is 0 Å². The molecule has 0 amide bonds. The Labute approximate surface area is 117 Å². The summed E-state index contributed by atoms with van der Waals surface area (Å²) in [5.41, 5.74) is 1.26. The summed E-state index contributed by atoms with van der Waals surface area (Å²) < 4.78 is 11.4. The second kappa shape index (κ2) is 9.08. The molecule has 3 nitrogen and oxygen atoms in total. The zero-order valence-electron chi connectivity index (χ0n) is 12.6. The van der Waals surface area contributed by atoms with Crippen LogP contribution in [0.5, 0.6) is 0 Å². The minimum atomic E-state index is 0.109. The number of likely N-dealkylation sites (N-methyl/N-ethyl adjacent to an activating group) is 1. The molecule has 0 spiro atoms. The lowest BCUT2D eigenvalue weighted by Gasteiger charge is -2.28. The van der Waals surface area contributed by atoms with Crippen molar-refractivity contribution in [2.45, 2.75) is 45.9 Å². The normalized spacial score (nSPS) is 16.0. The molecule has 0 aromatic heterocycles. The molecule has 1 rings (SSSR count). The molecule has 0 fully saturated rings. The van der Waals surface area contributed by atoms with Gasteiger partial charge in [-0.1, -0.05) is 37.3 Å². The third kappa shape index (κ3) is 5.72. The molecule has 0 heterocycles. The molecule has 0 aliphatic heterocycles. The van der Waals surface area contributed by atoms with Gasteiger partial charge in [0.2, 0.25) is 0 Å². The number of benzene rings is 1. The second-order valence-corrected chi connectivity index (χ2v) is 4.76. The van der Waals surface area contributed by atoms with E-state index in [2.05, 4.69) is 50.4 Å². The van der Waals surface area contributed by atoms with Gasteiger partial charge in [-0.05, 0) is 32.9 Å². The van der Waals surface area contributed by atoms with Crippen molar-refractivity contribution in [1.82, 2.24) is 5.32 Å². The summed E-state index contributed by atoms with van der Waals surface area (Å²) in [7, 11) is 0. The highest BCUT2D eigenvalue weighted by molar-refractivity contribution is 5.19. The first-order valence-corrected chi connectivity index (χ1v) is 7.20. The summed E-state index contributed by atoms with van der Waals surface area (Å²) in [6.45, 7) is 10.6. The number of nitrogens with one attached hydrogen (secondary N) is 1. The van der Waals surface area contributed by atoms with Crippen molar-refractivity contribution < 1.29 is 9.47 Å². The van der Waals surface area contributed by atoms with Gasteiger partial charge in [-0.3, -0.25) is 0 Å². The van der Waals surface area contributed by atoms with Gasteiger partial charge in [0.1, 0.15) is 0 Å². The zero-order chi connectivity index (χ0) is 14.1. The Balaban J connectivity index is 2.60. The SMILES string of the molecule is CCNC(c1ccccc1)C(C)OC(C)COCC. The Morgan fingerprint density at radius 3 is 2.37 bits per heavy atom. The predicted octanol–water partition coefficient (Wildman–Crippen LogP) is 3.17. The quantitative estimate of drug-likeness (QED) is 0.744. The number of hydrogen-bond acceptors (Lipinski definition) is 3. The first kappa shape index (κ1) is 16.2. The maximum absolute atomic E-state index is 6.03. The van der Waals surface area contributed by atoms with Gasteiger partial charge in [-0.15, -0.1) is 0 Å². The highest BCUT2D eigenvalue weighted by Gasteiger charge is 2.20. The second-order valence-electron chi connectivity index (χ2n) is 4.76. The fourth-order valence-corrected chi connectivity index (χ4v) is 2.20. The van der Waals surface area contributed by atoms with E-state index in [9.17, 15) is 0 Å². The Morgan fingerprint density at radius 2 is 1.79 bits per heavy atom. The van der Waals surface area contributed by atoms with Crippen LogP contribution in [0.2, 0.25) is 0 Å². The van der Waals surface area contributed by atoms with Crippen molar-refractivity contribution in [1.29, 1.82) is 0 Å². The average Bonchev–Trinajstić information content (AvgIpc) is 2.43. The van der Waals surface area contributed by atoms with Gasteiger partial charge in [-0.25, -0.2) is 0 Å². The van der Waals surface area contributed by atoms with E-state index in [1.807, 2.05) is 13.0 Å². The number of hydrogen-bond donors (Lipinski definition) is 1. The molecular formula is C16H27NO2. The molecule has 0 bridgehead atoms. The minimum absolute atomic E-state index is 0.109. The molecule has 0 saturated carbocycles. The van der Waals surface area contributed by atoms with Crippen LogP contribution in [0.25, 0.3) is 0 Å². The van der Waals surface area contributed by atoms with Crippen molar-refractivity contribution in [2.75, 3.05) is 19.8 Å². The maximum Gasteiger partial charge on any atom is 0.0785 e. The first-order valence-electron chi connectivity index (χ1n) is 7.20. The van der Waals surface area contributed by atoms with E-state index in [4.69, 9.17) is 9.47 Å². The lowest BCUT2D eigenvalue weighted by Crippen LogP contribution is -2.35. The topological polar surface area (TPSA) is 30.5 Å². The van der Waals surface area contributed by atoms with Gasteiger partial charge in [-0.2, -0.15) is 0 Å². The van der Waals surface area contributed by atoms with E-state index in [0.717, 1.165) is 13.2 Å². The summed E-state index contributed by atoms with van der Waals surface area (Å²) >= 11 is 0. The Bertz CT molecular complexity index is 329. The van der Waals surface area contributed by atoms with Crippen LogP contribution < -0.4 is 5.32 Å². The van der Waals surface area contributed by atoms with E-state index >= 15 is 0 Å². The summed E-state index contributed by atoms with van der Waals surface area (Å²) in [6, 6.07) is 10.7.